The van der Waals surface area contributed by atoms with E-state index in [2.05, 4.69) is 17.0 Å². The molecule has 0 radical (unpaired) electrons. The van der Waals surface area contributed by atoms with Crippen LogP contribution in [0, 0.1) is 5.41 Å². The number of hydrogen-bond acceptors (Lipinski definition) is 4. The molecule has 0 heterocycles. The third kappa shape index (κ3) is 4.91. The Balaban J connectivity index is 2.34. The van der Waals surface area contributed by atoms with Gasteiger partial charge in [-0.1, -0.05) is 12.1 Å². The van der Waals surface area contributed by atoms with Gasteiger partial charge in [-0.15, -0.1) is 0 Å². The van der Waals surface area contributed by atoms with Crippen LogP contribution in [-0.2, 0) is 4.74 Å². The zero-order chi connectivity index (χ0) is 12.7. The van der Waals surface area contributed by atoms with Gasteiger partial charge < -0.3 is 20.6 Å². The van der Waals surface area contributed by atoms with E-state index in [-0.39, 0.29) is 5.41 Å². The van der Waals surface area contributed by atoms with Crippen molar-refractivity contribution in [1.82, 2.24) is 4.90 Å². The summed E-state index contributed by atoms with van der Waals surface area (Å²) in [6.07, 6.45) is 3.05. The third-order valence-corrected chi connectivity index (χ3v) is 3.40. The van der Waals surface area contributed by atoms with Crippen molar-refractivity contribution in [1.29, 1.82) is 0 Å². The molecule has 5 nitrogen and oxygen atoms in total. The van der Waals surface area contributed by atoms with E-state index >= 15 is 0 Å². The van der Waals surface area contributed by atoms with Crippen LogP contribution in [0.25, 0.3) is 0 Å². The SMILES string of the molecule is CCOCCN(CC)CC1(CC(N)=NO)CC1. The lowest BCUT2D eigenvalue weighted by atomic mass is 10.0. The quantitative estimate of drug-likeness (QED) is 0.210. The summed E-state index contributed by atoms with van der Waals surface area (Å²) in [5.74, 6) is 0.350. The fraction of sp³-hybridized carbons (Fsp3) is 0.917. The fourth-order valence-electron chi connectivity index (χ4n) is 2.15. The van der Waals surface area contributed by atoms with Gasteiger partial charge in [0, 0.05) is 26.1 Å². The number of hydrogen-bond donors (Lipinski definition) is 2. The van der Waals surface area contributed by atoms with Crippen LogP contribution in [-0.4, -0.2) is 48.8 Å². The molecule has 0 spiro atoms. The second-order valence-electron chi connectivity index (χ2n) is 4.83. The molecule has 0 unspecified atom stereocenters. The number of ether oxygens (including phenoxy) is 1. The minimum Gasteiger partial charge on any atom is -0.409 e. The van der Waals surface area contributed by atoms with Crippen molar-refractivity contribution < 1.29 is 9.94 Å². The lowest BCUT2D eigenvalue weighted by Crippen LogP contribution is -2.35. The Morgan fingerprint density at radius 1 is 1.47 bits per heavy atom. The maximum Gasteiger partial charge on any atom is 0.139 e. The van der Waals surface area contributed by atoms with E-state index in [1.807, 2.05) is 6.92 Å². The summed E-state index contributed by atoms with van der Waals surface area (Å²) in [7, 11) is 0. The van der Waals surface area contributed by atoms with Crippen molar-refractivity contribution in [2.45, 2.75) is 33.1 Å². The van der Waals surface area contributed by atoms with E-state index in [0.717, 1.165) is 32.8 Å². The smallest absolute Gasteiger partial charge is 0.139 e. The average Bonchev–Trinajstić information content (AvgIpc) is 3.07. The molecule has 1 aliphatic rings. The number of likely N-dealkylation sites (N-methyl/N-ethyl adjacent to an activating group) is 1. The van der Waals surface area contributed by atoms with E-state index in [1.54, 1.807) is 0 Å². The summed E-state index contributed by atoms with van der Waals surface area (Å²) in [6, 6.07) is 0. The summed E-state index contributed by atoms with van der Waals surface area (Å²) in [6.45, 7) is 8.72. The monoisotopic (exact) mass is 243 g/mol. The van der Waals surface area contributed by atoms with Crippen LogP contribution in [0.4, 0.5) is 0 Å². The Morgan fingerprint density at radius 3 is 2.65 bits per heavy atom. The molecule has 0 aliphatic heterocycles. The fourth-order valence-corrected chi connectivity index (χ4v) is 2.15. The Labute approximate surface area is 104 Å². The first-order valence-electron chi connectivity index (χ1n) is 6.42. The molecule has 5 heteroatoms. The van der Waals surface area contributed by atoms with Gasteiger partial charge in [0.25, 0.3) is 0 Å². The molecular formula is C12H25N3O2. The molecule has 1 fully saturated rings. The first-order valence-corrected chi connectivity index (χ1v) is 6.42. The van der Waals surface area contributed by atoms with Crippen molar-refractivity contribution in [2.24, 2.45) is 16.3 Å². The zero-order valence-electron chi connectivity index (χ0n) is 11.0. The summed E-state index contributed by atoms with van der Waals surface area (Å²) in [5, 5.41) is 11.7. The number of oxime groups is 1. The number of nitrogens with zero attached hydrogens (tertiary/aromatic N) is 2. The highest BCUT2D eigenvalue weighted by Gasteiger charge is 2.44. The lowest BCUT2D eigenvalue weighted by molar-refractivity contribution is 0.107. The average molecular weight is 243 g/mol. The second-order valence-corrected chi connectivity index (χ2v) is 4.83. The van der Waals surface area contributed by atoms with Gasteiger partial charge in [-0.3, -0.25) is 0 Å². The molecule has 0 saturated heterocycles. The molecule has 0 aromatic heterocycles. The largest absolute Gasteiger partial charge is 0.409 e. The van der Waals surface area contributed by atoms with Crippen molar-refractivity contribution >= 4 is 5.84 Å². The van der Waals surface area contributed by atoms with Gasteiger partial charge in [-0.05, 0) is 31.7 Å². The van der Waals surface area contributed by atoms with Crippen LogP contribution in [0.3, 0.4) is 0 Å². The number of rotatable bonds is 9. The first-order chi connectivity index (χ1) is 8.15. The molecule has 17 heavy (non-hydrogen) atoms. The van der Waals surface area contributed by atoms with E-state index in [1.165, 1.54) is 12.8 Å². The molecule has 0 bridgehead atoms. The maximum absolute atomic E-state index is 8.62. The summed E-state index contributed by atoms with van der Waals surface area (Å²) in [5.41, 5.74) is 5.84. The second kappa shape index (κ2) is 6.81. The van der Waals surface area contributed by atoms with Crippen molar-refractivity contribution in [3.8, 4) is 0 Å². The Kier molecular flexibility index (Phi) is 5.71. The maximum atomic E-state index is 8.62. The Hall–Kier alpha value is -0.810. The molecule has 0 atom stereocenters. The van der Waals surface area contributed by atoms with Crippen LogP contribution < -0.4 is 5.73 Å². The molecule has 1 saturated carbocycles. The Bertz CT molecular complexity index is 252. The molecule has 0 aromatic carbocycles. The van der Waals surface area contributed by atoms with Gasteiger partial charge in [0.15, 0.2) is 0 Å². The van der Waals surface area contributed by atoms with E-state index in [4.69, 9.17) is 15.7 Å². The van der Waals surface area contributed by atoms with E-state index in [9.17, 15) is 0 Å². The highest BCUT2D eigenvalue weighted by molar-refractivity contribution is 5.80. The van der Waals surface area contributed by atoms with Gasteiger partial charge in [0.05, 0.1) is 6.61 Å². The van der Waals surface area contributed by atoms with Crippen LogP contribution >= 0.6 is 0 Å². The normalized spacial score (nSPS) is 18.6. The van der Waals surface area contributed by atoms with Gasteiger partial charge in [-0.2, -0.15) is 0 Å². The van der Waals surface area contributed by atoms with E-state index < -0.39 is 0 Å². The molecule has 1 aliphatic carbocycles. The van der Waals surface area contributed by atoms with Crippen LogP contribution in [0.15, 0.2) is 5.16 Å². The van der Waals surface area contributed by atoms with Crippen LogP contribution in [0.5, 0.6) is 0 Å². The number of amidine groups is 1. The van der Waals surface area contributed by atoms with Crippen LogP contribution in [0.2, 0.25) is 0 Å². The molecule has 1 rings (SSSR count). The topological polar surface area (TPSA) is 71.1 Å². The highest BCUT2D eigenvalue weighted by Crippen LogP contribution is 2.49. The summed E-state index contributed by atoms with van der Waals surface area (Å²) >= 11 is 0. The molecular weight excluding hydrogens is 218 g/mol. The molecule has 100 valence electrons. The Morgan fingerprint density at radius 2 is 2.18 bits per heavy atom. The van der Waals surface area contributed by atoms with Gasteiger partial charge in [-0.25, -0.2) is 0 Å². The van der Waals surface area contributed by atoms with Crippen molar-refractivity contribution in [3.63, 3.8) is 0 Å². The van der Waals surface area contributed by atoms with Gasteiger partial charge in [0.2, 0.25) is 0 Å². The van der Waals surface area contributed by atoms with Crippen molar-refractivity contribution in [2.75, 3.05) is 32.8 Å². The standard InChI is InChI=1S/C12H25N3O2/c1-3-15(7-8-17-4-2)10-12(5-6-12)9-11(13)14-16/h16H,3-10H2,1-2H3,(H2,13,14). The third-order valence-electron chi connectivity index (χ3n) is 3.40. The first kappa shape index (κ1) is 14.3. The van der Waals surface area contributed by atoms with Crippen LogP contribution in [0.1, 0.15) is 33.1 Å². The minimum atomic E-state index is 0.249. The zero-order valence-corrected chi connectivity index (χ0v) is 11.0. The van der Waals surface area contributed by atoms with E-state index in [0.29, 0.717) is 12.3 Å². The highest BCUT2D eigenvalue weighted by atomic mass is 16.5. The number of nitrogens with two attached hydrogens (primary N) is 1. The summed E-state index contributed by atoms with van der Waals surface area (Å²) < 4.78 is 5.37. The molecule has 0 aromatic rings. The van der Waals surface area contributed by atoms with Crippen molar-refractivity contribution in [3.05, 3.63) is 0 Å². The molecule has 0 amide bonds. The predicted octanol–water partition coefficient (Wildman–Crippen LogP) is 1.26. The molecule has 3 N–H and O–H groups in total. The van der Waals surface area contributed by atoms with Gasteiger partial charge >= 0.3 is 0 Å². The van der Waals surface area contributed by atoms with Gasteiger partial charge in [0.1, 0.15) is 5.84 Å². The minimum absolute atomic E-state index is 0.249. The summed E-state index contributed by atoms with van der Waals surface area (Å²) in [4.78, 5) is 2.38. The predicted molar refractivity (Wildman–Crippen MR) is 68.3 cm³/mol. The lowest BCUT2D eigenvalue weighted by Gasteiger charge is -2.25.